The molecule has 2 heterocycles. The predicted molar refractivity (Wildman–Crippen MR) is 74.9 cm³/mol. The summed E-state index contributed by atoms with van der Waals surface area (Å²) in [5.41, 5.74) is 2.82. The summed E-state index contributed by atoms with van der Waals surface area (Å²) in [5, 5.41) is 3.20. The van der Waals surface area contributed by atoms with Crippen LogP contribution in [0.4, 0.5) is 5.82 Å². The molecule has 0 spiro atoms. The molecule has 100 valence electrons. The summed E-state index contributed by atoms with van der Waals surface area (Å²) in [5.74, 6) is 1.47. The van der Waals surface area contributed by atoms with Crippen molar-refractivity contribution in [2.45, 2.75) is 20.5 Å². The Morgan fingerprint density at radius 2 is 2.11 bits per heavy atom. The summed E-state index contributed by atoms with van der Waals surface area (Å²) in [6, 6.07) is 5.91. The van der Waals surface area contributed by atoms with Crippen molar-refractivity contribution in [2.75, 3.05) is 19.0 Å². The number of hydrogen-bond donors (Lipinski definition) is 1. The topological polar surface area (TPSA) is 59.9 Å². The van der Waals surface area contributed by atoms with Crippen LogP contribution in [0.5, 0.6) is 0 Å². The number of ether oxygens (including phenoxy) is 1. The largest absolute Gasteiger partial charge is 0.377 e. The minimum absolute atomic E-state index is 0.394. The van der Waals surface area contributed by atoms with Crippen LogP contribution in [0.1, 0.15) is 18.4 Å². The Hall–Kier alpha value is -2.01. The first-order chi connectivity index (χ1) is 9.22. The van der Waals surface area contributed by atoms with Crippen molar-refractivity contribution < 1.29 is 4.74 Å². The van der Waals surface area contributed by atoms with Crippen LogP contribution >= 0.6 is 0 Å². The lowest BCUT2D eigenvalue weighted by Gasteiger charge is -2.08. The molecule has 0 aromatic carbocycles. The number of nitrogens with zero attached hydrogens (tertiary/aromatic N) is 3. The van der Waals surface area contributed by atoms with Gasteiger partial charge in [-0.2, -0.15) is 0 Å². The number of anilines is 1. The molecule has 0 amide bonds. The number of nitrogens with one attached hydrogen (secondary N) is 1. The molecular weight excluding hydrogens is 240 g/mol. The second kappa shape index (κ2) is 6.24. The molecule has 0 aliphatic carbocycles. The minimum atomic E-state index is 0.394. The molecule has 0 radical (unpaired) electrons. The molecule has 19 heavy (non-hydrogen) atoms. The molecule has 0 saturated heterocycles. The monoisotopic (exact) mass is 258 g/mol. The van der Waals surface area contributed by atoms with Crippen molar-refractivity contribution in [3.8, 4) is 11.3 Å². The van der Waals surface area contributed by atoms with Crippen LogP contribution in [-0.2, 0) is 11.3 Å². The minimum Gasteiger partial charge on any atom is -0.377 e. The summed E-state index contributed by atoms with van der Waals surface area (Å²) >= 11 is 0. The van der Waals surface area contributed by atoms with Crippen LogP contribution in [0.15, 0.2) is 24.4 Å². The van der Waals surface area contributed by atoms with Crippen LogP contribution in [0.3, 0.4) is 0 Å². The van der Waals surface area contributed by atoms with Gasteiger partial charge in [0.25, 0.3) is 0 Å². The van der Waals surface area contributed by atoms with E-state index < -0.39 is 0 Å². The van der Waals surface area contributed by atoms with Crippen LogP contribution in [0, 0.1) is 6.92 Å². The molecule has 0 bridgehead atoms. The van der Waals surface area contributed by atoms with Crippen molar-refractivity contribution in [3.63, 3.8) is 0 Å². The van der Waals surface area contributed by atoms with Gasteiger partial charge in [-0.05, 0) is 26.0 Å². The molecule has 0 fully saturated rings. The van der Waals surface area contributed by atoms with Gasteiger partial charge in [0.05, 0.1) is 5.69 Å². The molecule has 1 N–H and O–H groups in total. The predicted octanol–water partition coefficient (Wildman–Crippen LogP) is 2.43. The van der Waals surface area contributed by atoms with Gasteiger partial charge in [0, 0.05) is 37.2 Å². The molecule has 0 atom stereocenters. The average Bonchev–Trinajstić information content (AvgIpc) is 2.40. The zero-order valence-electron chi connectivity index (χ0n) is 11.5. The van der Waals surface area contributed by atoms with Gasteiger partial charge in [-0.15, -0.1) is 0 Å². The Balaban J connectivity index is 2.40. The Labute approximate surface area is 113 Å². The van der Waals surface area contributed by atoms with Crippen LogP contribution in [0.2, 0.25) is 0 Å². The van der Waals surface area contributed by atoms with Gasteiger partial charge in [0.1, 0.15) is 12.4 Å². The van der Waals surface area contributed by atoms with Gasteiger partial charge in [-0.3, -0.25) is 4.98 Å². The molecule has 2 rings (SSSR count). The van der Waals surface area contributed by atoms with E-state index in [0.717, 1.165) is 29.3 Å². The number of rotatable bonds is 5. The van der Waals surface area contributed by atoms with E-state index in [4.69, 9.17) is 4.74 Å². The molecule has 0 aliphatic heterocycles. The maximum atomic E-state index is 5.10. The van der Waals surface area contributed by atoms with E-state index in [2.05, 4.69) is 20.3 Å². The van der Waals surface area contributed by atoms with Crippen molar-refractivity contribution in [2.24, 2.45) is 0 Å². The van der Waals surface area contributed by atoms with Gasteiger partial charge < -0.3 is 10.1 Å². The number of aromatic nitrogens is 3. The summed E-state index contributed by atoms with van der Waals surface area (Å²) in [7, 11) is 1.64. The smallest absolute Gasteiger partial charge is 0.157 e. The van der Waals surface area contributed by atoms with E-state index in [0.29, 0.717) is 12.4 Å². The van der Waals surface area contributed by atoms with Crippen LogP contribution in [-0.4, -0.2) is 28.6 Å². The van der Waals surface area contributed by atoms with Gasteiger partial charge in [0.2, 0.25) is 0 Å². The van der Waals surface area contributed by atoms with E-state index in [1.807, 2.05) is 38.2 Å². The molecule has 5 heteroatoms. The van der Waals surface area contributed by atoms with Gasteiger partial charge in [0.15, 0.2) is 5.82 Å². The lowest BCUT2D eigenvalue weighted by Crippen LogP contribution is -2.05. The second-order valence-corrected chi connectivity index (χ2v) is 4.21. The average molecular weight is 258 g/mol. The highest BCUT2D eigenvalue weighted by molar-refractivity contribution is 5.61. The summed E-state index contributed by atoms with van der Waals surface area (Å²) in [4.78, 5) is 13.2. The molecule has 0 saturated carbocycles. The van der Waals surface area contributed by atoms with E-state index in [-0.39, 0.29) is 0 Å². The summed E-state index contributed by atoms with van der Waals surface area (Å²) < 4.78 is 5.10. The Morgan fingerprint density at radius 1 is 1.26 bits per heavy atom. The Bertz CT molecular complexity index is 515. The van der Waals surface area contributed by atoms with E-state index in [1.165, 1.54) is 0 Å². The Morgan fingerprint density at radius 3 is 2.74 bits per heavy atom. The van der Waals surface area contributed by atoms with Crippen molar-refractivity contribution >= 4 is 5.82 Å². The fourth-order valence-corrected chi connectivity index (χ4v) is 1.73. The van der Waals surface area contributed by atoms with E-state index in [9.17, 15) is 0 Å². The first-order valence-electron chi connectivity index (χ1n) is 6.26. The van der Waals surface area contributed by atoms with Gasteiger partial charge in [-0.1, -0.05) is 0 Å². The number of methoxy groups -OCH3 is 1. The highest BCUT2D eigenvalue weighted by atomic mass is 16.5. The standard InChI is InChI=1S/C14H18N4O/c1-4-15-13-7-12(17-14(18-13)9-19-3)11-6-5-10(2)16-8-11/h5-8H,4,9H2,1-3H3,(H,15,17,18). The third-order valence-corrected chi connectivity index (χ3v) is 2.61. The second-order valence-electron chi connectivity index (χ2n) is 4.21. The van der Waals surface area contributed by atoms with E-state index in [1.54, 1.807) is 7.11 Å². The van der Waals surface area contributed by atoms with Crippen molar-refractivity contribution in [1.29, 1.82) is 0 Å². The lowest BCUT2D eigenvalue weighted by molar-refractivity contribution is 0.178. The van der Waals surface area contributed by atoms with Crippen LogP contribution in [0.25, 0.3) is 11.3 Å². The third-order valence-electron chi connectivity index (χ3n) is 2.61. The lowest BCUT2D eigenvalue weighted by atomic mass is 10.2. The van der Waals surface area contributed by atoms with Crippen molar-refractivity contribution in [1.82, 2.24) is 15.0 Å². The molecule has 5 nitrogen and oxygen atoms in total. The van der Waals surface area contributed by atoms with Gasteiger partial charge >= 0.3 is 0 Å². The first-order valence-corrected chi connectivity index (χ1v) is 6.26. The maximum absolute atomic E-state index is 5.10. The molecule has 0 unspecified atom stereocenters. The maximum Gasteiger partial charge on any atom is 0.157 e. The number of pyridine rings is 1. The molecule has 2 aromatic heterocycles. The summed E-state index contributed by atoms with van der Waals surface area (Å²) in [6.07, 6.45) is 1.82. The highest BCUT2D eigenvalue weighted by Gasteiger charge is 2.06. The quantitative estimate of drug-likeness (QED) is 0.892. The van der Waals surface area contributed by atoms with E-state index >= 15 is 0 Å². The molecule has 2 aromatic rings. The molecular formula is C14H18N4O. The fraction of sp³-hybridized carbons (Fsp3) is 0.357. The Kier molecular flexibility index (Phi) is 4.41. The van der Waals surface area contributed by atoms with Gasteiger partial charge in [-0.25, -0.2) is 9.97 Å². The first kappa shape index (κ1) is 13.4. The fourth-order valence-electron chi connectivity index (χ4n) is 1.73. The molecule has 0 aliphatic rings. The number of hydrogen-bond acceptors (Lipinski definition) is 5. The zero-order chi connectivity index (χ0) is 13.7. The van der Waals surface area contributed by atoms with Crippen LogP contribution < -0.4 is 5.32 Å². The SMILES string of the molecule is CCNc1cc(-c2ccc(C)nc2)nc(COC)n1. The highest BCUT2D eigenvalue weighted by Crippen LogP contribution is 2.19. The van der Waals surface area contributed by atoms with Crippen molar-refractivity contribution in [3.05, 3.63) is 35.9 Å². The normalized spacial score (nSPS) is 10.5. The third kappa shape index (κ3) is 3.48. The summed E-state index contributed by atoms with van der Waals surface area (Å²) in [6.45, 7) is 5.20. The number of aryl methyl sites for hydroxylation is 1. The zero-order valence-corrected chi connectivity index (χ0v) is 11.5.